The van der Waals surface area contributed by atoms with Gasteiger partial charge in [-0.2, -0.15) is 4.98 Å². The van der Waals surface area contributed by atoms with Crippen molar-refractivity contribution in [2.75, 3.05) is 31.1 Å². The summed E-state index contributed by atoms with van der Waals surface area (Å²) in [5, 5.41) is 14.7. The molecule has 1 saturated heterocycles. The lowest BCUT2D eigenvalue weighted by atomic mass is 10.2. The van der Waals surface area contributed by atoms with Gasteiger partial charge in [0.2, 0.25) is 5.89 Å². The minimum atomic E-state index is -0.405. The molecule has 1 aliphatic rings. The minimum absolute atomic E-state index is 0.0535. The Balaban J connectivity index is 1.64. The van der Waals surface area contributed by atoms with Gasteiger partial charge in [0.25, 0.3) is 5.69 Å². The number of piperazine rings is 1. The van der Waals surface area contributed by atoms with Crippen molar-refractivity contribution >= 4 is 11.5 Å². The molecule has 128 valence electrons. The first-order valence-electron chi connectivity index (χ1n) is 7.86. The first kappa shape index (κ1) is 16.3. The van der Waals surface area contributed by atoms with Crippen LogP contribution >= 0.6 is 0 Å². The maximum atomic E-state index is 10.9. The van der Waals surface area contributed by atoms with E-state index < -0.39 is 4.92 Å². The van der Waals surface area contributed by atoms with Gasteiger partial charge in [0.15, 0.2) is 5.82 Å². The second-order valence-electron chi connectivity index (χ2n) is 5.96. The van der Waals surface area contributed by atoms with E-state index in [9.17, 15) is 10.1 Å². The molecular weight excluding hydrogens is 312 g/mol. The topological polar surface area (TPSA) is 101 Å². The normalized spacial score (nSPS) is 17.0. The van der Waals surface area contributed by atoms with Crippen LogP contribution in [0.1, 0.15) is 30.2 Å². The zero-order valence-corrected chi connectivity index (χ0v) is 14.0. The van der Waals surface area contributed by atoms with Gasteiger partial charge in [-0.25, -0.2) is 4.98 Å². The molecule has 9 heteroatoms. The third-order valence-corrected chi connectivity index (χ3v) is 4.35. The number of pyridine rings is 1. The number of hydrogen-bond donors (Lipinski definition) is 0. The molecule has 9 nitrogen and oxygen atoms in total. The van der Waals surface area contributed by atoms with E-state index in [4.69, 9.17) is 4.52 Å². The van der Waals surface area contributed by atoms with Crippen LogP contribution in [0.2, 0.25) is 0 Å². The molecule has 0 aliphatic carbocycles. The van der Waals surface area contributed by atoms with Crippen LogP contribution < -0.4 is 4.90 Å². The summed E-state index contributed by atoms with van der Waals surface area (Å²) < 4.78 is 5.25. The number of anilines is 1. The first-order valence-corrected chi connectivity index (χ1v) is 7.86. The molecule has 1 atom stereocenters. The minimum Gasteiger partial charge on any atom is -0.354 e. The summed E-state index contributed by atoms with van der Waals surface area (Å²) in [6.07, 6.45) is 1.33. The van der Waals surface area contributed by atoms with Gasteiger partial charge >= 0.3 is 0 Å². The molecule has 24 heavy (non-hydrogen) atoms. The number of nitrogens with zero attached hydrogens (tertiary/aromatic N) is 6. The number of aryl methyl sites for hydroxylation is 2. The zero-order valence-electron chi connectivity index (χ0n) is 14.0. The van der Waals surface area contributed by atoms with Crippen molar-refractivity contribution in [1.82, 2.24) is 20.0 Å². The van der Waals surface area contributed by atoms with Gasteiger partial charge in [-0.15, -0.1) is 0 Å². The number of rotatable bonds is 4. The van der Waals surface area contributed by atoms with Crippen molar-refractivity contribution in [3.05, 3.63) is 39.7 Å². The van der Waals surface area contributed by atoms with Crippen LogP contribution in [0, 0.1) is 24.0 Å². The lowest BCUT2D eigenvalue weighted by molar-refractivity contribution is -0.385. The van der Waals surface area contributed by atoms with Gasteiger partial charge in [-0.05, 0) is 26.8 Å². The van der Waals surface area contributed by atoms with E-state index in [1.807, 2.05) is 0 Å². The Morgan fingerprint density at radius 1 is 1.29 bits per heavy atom. The van der Waals surface area contributed by atoms with Gasteiger partial charge < -0.3 is 9.42 Å². The molecule has 1 aliphatic heterocycles. The molecular formula is C15H20N6O3. The van der Waals surface area contributed by atoms with Crippen LogP contribution in [0.3, 0.4) is 0 Å². The van der Waals surface area contributed by atoms with Crippen LogP contribution in [0.15, 0.2) is 16.8 Å². The van der Waals surface area contributed by atoms with E-state index in [2.05, 4.69) is 31.8 Å². The fourth-order valence-electron chi connectivity index (χ4n) is 2.88. The maximum Gasteiger partial charge on any atom is 0.290 e. The van der Waals surface area contributed by atoms with Crippen molar-refractivity contribution < 1.29 is 9.45 Å². The van der Waals surface area contributed by atoms with Crippen LogP contribution in [-0.2, 0) is 0 Å². The second-order valence-corrected chi connectivity index (χ2v) is 5.96. The summed E-state index contributed by atoms with van der Waals surface area (Å²) in [5.74, 6) is 2.05. The van der Waals surface area contributed by atoms with Gasteiger partial charge in [0.05, 0.1) is 11.0 Å². The average Bonchev–Trinajstić information content (AvgIpc) is 3.00. The van der Waals surface area contributed by atoms with E-state index in [0.29, 0.717) is 17.3 Å². The largest absolute Gasteiger partial charge is 0.354 e. The van der Waals surface area contributed by atoms with Crippen LogP contribution in [0.5, 0.6) is 0 Å². The molecule has 0 saturated carbocycles. The molecule has 2 aromatic rings. The first-order chi connectivity index (χ1) is 11.5. The Morgan fingerprint density at radius 3 is 2.54 bits per heavy atom. The van der Waals surface area contributed by atoms with E-state index in [-0.39, 0.29) is 11.7 Å². The van der Waals surface area contributed by atoms with Gasteiger partial charge in [-0.1, -0.05) is 5.16 Å². The van der Waals surface area contributed by atoms with E-state index in [0.717, 1.165) is 32.0 Å². The van der Waals surface area contributed by atoms with Crippen molar-refractivity contribution in [2.24, 2.45) is 0 Å². The average molecular weight is 332 g/mol. The highest BCUT2D eigenvalue weighted by atomic mass is 16.6. The quantitative estimate of drug-likeness (QED) is 0.618. The Labute approximate surface area is 139 Å². The van der Waals surface area contributed by atoms with Crippen molar-refractivity contribution in [2.45, 2.75) is 26.8 Å². The van der Waals surface area contributed by atoms with E-state index in [1.165, 1.54) is 6.20 Å². The fourth-order valence-corrected chi connectivity index (χ4v) is 2.88. The third-order valence-electron chi connectivity index (χ3n) is 4.35. The number of nitro groups is 1. The van der Waals surface area contributed by atoms with Crippen LogP contribution in [0.25, 0.3) is 0 Å². The Kier molecular flexibility index (Phi) is 4.43. The van der Waals surface area contributed by atoms with Crippen molar-refractivity contribution in [3.63, 3.8) is 0 Å². The molecule has 0 spiro atoms. The summed E-state index contributed by atoms with van der Waals surface area (Å²) in [6, 6.07) is 1.85. The Morgan fingerprint density at radius 2 is 2.00 bits per heavy atom. The molecule has 0 aromatic carbocycles. The molecule has 0 N–H and O–H groups in total. The molecule has 0 amide bonds. The lowest BCUT2D eigenvalue weighted by Gasteiger charge is -2.37. The molecule has 0 radical (unpaired) electrons. The smallest absolute Gasteiger partial charge is 0.290 e. The molecule has 1 unspecified atom stereocenters. The molecule has 3 heterocycles. The molecule has 0 bridgehead atoms. The number of aromatic nitrogens is 3. The van der Waals surface area contributed by atoms with Crippen molar-refractivity contribution in [3.8, 4) is 0 Å². The second kappa shape index (κ2) is 6.52. The Bertz CT molecular complexity index is 739. The summed E-state index contributed by atoms with van der Waals surface area (Å²) in [6.45, 7) is 8.85. The van der Waals surface area contributed by atoms with Crippen molar-refractivity contribution in [1.29, 1.82) is 0 Å². The van der Waals surface area contributed by atoms with Gasteiger partial charge in [0.1, 0.15) is 12.0 Å². The standard InChI is InChI=1S/C15H20N6O3/c1-10-8-14(16-9-13(10)21(22)23)20-6-4-19(5-7-20)11(2)15-17-12(3)18-24-15/h8-9,11H,4-7H2,1-3H3. The third kappa shape index (κ3) is 3.21. The van der Waals surface area contributed by atoms with Crippen LogP contribution in [-0.4, -0.2) is 51.1 Å². The predicted octanol–water partition coefficient (Wildman–Crippen LogP) is 1.87. The van der Waals surface area contributed by atoms with Crippen LogP contribution in [0.4, 0.5) is 11.5 Å². The summed E-state index contributed by atoms with van der Waals surface area (Å²) >= 11 is 0. The summed E-state index contributed by atoms with van der Waals surface area (Å²) in [4.78, 5) is 23.4. The SMILES string of the molecule is Cc1noc(C(C)N2CCN(c3cc(C)c([N+](=O)[O-])cn3)CC2)n1. The highest BCUT2D eigenvalue weighted by molar-refractivity contribution is 5.48. The lowest BCUT2D eigenvalue weighted by Crippen LogP contribution is -2.47. The summed E-state index contributed by atoms with van der Waals surface area (Å²) in [7, 11) is 0. The highest BCUT2D eigenvalue weighted by Gasteiger charge is 2.26. The molecule has 3 rings (SSSR count). The maximum absolute atomic E-state index is 10.9. The molecule has 2 aromatic heterocycles. The van der Waals surface area contributed by atoms with E-state index >= 15 is 0 Å². The van der Waals surface area contributed by atoms with Gasteiger partial charge in [-0.3, -0.25) is 15.0 Å². The van der Waals surface area contributed by atoms with E-state index in [1.54, 1.807) is 19.9 Å². The molecule has 1 fully saturated rings. The number of hydrogen-bond acceptors (Lipinski definition) is 8. The predicted molar refractivity (Wildman–Crippen MR) is 86.9 cm³/mol. The summed E-state index contributed by atoms with van der Waals surface area (Å²) in [5.41, 5.74) is 0.680. The fraction of sp³-hybridized carbons (Fsp3) is 0.533. The zero-order chi connectivity index (χ0) is 17.3. The Hall–Kier alpha value is -2.55. The highest BCUT2D eigenvalue weighted by Crippen LogP contribution is 2.24. The van der Waals surface area contributed by atoms with Gasteiger partial charge in [0, 0.05) is 31.7 Å². The monoisotopic (exact) mass is 332 g/mol.